The first kappa shape index (κ1) is 9.15. The molecule has 2 N–H and O–H groups in total. The van der Waals surface area contributed by atoms with E-state index in [0.717, 1.165) is 25.0 Å². The first-order chi connectivity index (χ1) is 6.88. The highest BCUT2D eigenvalue weighted by atomic mass is 16.5. The Balaban J connectivity index is 2.15. The molecule has 0 saturated heterocycles. The third kappa shape index (κ3) is 1.90. The quantitative estimate of drug-likeness (QED) is 0.762. The molecule has 0 bridgehead atoms. The number of nitrogens with two attached hydrogens (primary N) is 1. The molecular formula is C10H13N3O. The van der Waals surface area contributed by atoms with Crippen molar-refractivity contribution in [1.29, 1.82) is 0 Å². The van der Waals surface area contributed by atoms with Crippen LogP contribution < -0.4 is 5.73 Å². The Morgan fingerprint density at radius 1 is 1.36 bits per heavy atom. The first-order valence-electron chi connectivity index (χ1n) is 4.71. The Morgan fingerprint density at radius 3 is 2.79 bits per heavy atom. The van der Waals surface area contributed by atoms with E-state index in [1.54, 1.807) is 24.7 Å². The van der Waals surface area contributed by atoms with Gasteiger partial charge in [0.25, 0.3) is 0 Å². The van der Waals surface area contributed by atoms with Crippen LogP contribution in [0.2, 0.25) is 0 Å². The van der Waals surface area contributed by atoms with Gasteiger partial charge in [-0.1, -0.05) is 0 Å². The van der Waals surface area contributed by atoms with E-state index in [1.807, 2.05) is 0 Å². The van der Waals surface area contributed by atoms with E-state index in [0.29, 0.717) is 5.82 Å². The maximum absolute atomic E-state index is 6.00. The van der Waals surface area contributed by atoms with E-state index in [4.69, 9.17) is 10.5 Å². The summed E-state index contributed by atoms with van der Waals surface area (Å²) in [6.45, 7) is 0.784. The maximum Gasteiger partial charge on any atom is 0.149 e. The van der Waals surface area contributed by atoms with Crippen LogP contribution >= 0.6 is 0 Å². The van der Waals surface area contributed by atoms with Gasteiger partial charge in [0.1, 0.15) is 5.82 Å². The fourth-order valence-corrected chi connectivity index (χ4v) is 1.45. The van der Waals surface area contributed by atoms with E-state index < -0.39 is 0 Å². The molecule has 2 rings (SSSR count). The summed E-state index contributed by atoms with van der Waals surface area (Å²) >= 11 is 0. The van der Waals surface area contributed by atoms with E-state index in [2.05, 4.69) is 9.97 Å². The average molecular weight is 191 g/mol. The summed E-state index contributed by atoms with van der Waals surface area (Å²) in [5.41, 5.74) is 7.07. The molecule has 1 atom stereocenters. The first-order valence-corrected chi connectivity index (χ1v) is 4.71. The Kier molecular flexibility index (Phi) is 2.74. The number of nitrogens with zero attached hydrogens (tertiary/aromatic N) is 2. The van der Waals surface area contributed by atoms with Crippen molar-refractivity contribution in [3.8, 4) is 0 Å². The topological polar surface area (TPSA) is 61.0 Å². The fraction of sp³-hybridized carbons (Fsp3) is 0.400. The summed E-state index contributed by atoms with van der Waals surface area (Å²) in [5, 5.41) is 0. The van der Waals surface area contributed by atoms with Gasteiger partial charge in [0, 0.05) is 12.4 Å². The second-order valence-electron chi connectivity index (χ2n) is 3.25. The largest absolute Gasteiger partial charge is 0.501 e. The molecule has 14 heavy (non-hydrogen) atoms. The average Bonchev–Trinajstić information content (AvgIpc) is 2.30. The van der Waals surface area contributed by atoms with Crippen LogP contribution in [0.25, 0.3) is 0 Å². The van der Waals surface area contributed by atoms with Crippen LogP contribution in [0.4, 0.5) is 0 Å². The fourth-order valence-electron chi connectivity index (χ4n) is 1.45. The second-order valence-corrected chi connectivity index (χ2v) is 3.25. The monoisotopic (exact) mass is 191 g/mol. The molecule has 2 heterocycles. The van der Waals surface area contributed by atoms with Crippen molar-refractivity contribution in [2.24, 2.45) is 5.73 Å². The lowest BCUT2D eigenvalue weighted by Gasteiger charge is -2.18. The zero-order valence-electron chi connectivity index (χ0n) is 7.89. The van der Waals surface area contributed by atoms with E-state index in [1.165, 1.54) is 0 Å². The lowest BCUT2D eigenvalue weighted by atomic mass is 10.0. The maximum atomic E-state index is 6.00. The number of aromatic nitrogens is 2. The Morgan fingerprint density at radius 2 is 2.14 bits per heavy atom. The van der Waals surface area contributed by atoms with Crippen molar-refractivity contribution >= 4 is 0 Å². The van der Waals surface area contributed by atoms with Crippen molar-refractivity contribution in [2.75, 3.05) is 6.61 Å². The van der Waals surface area contributed by atoms with Crippen molar-refractivity contribution in [2.45, 2.75) is 18.9 Å². The van der Waals surface area contributed by atoms with Crippen LogP contribution in [-0.4, -0.2) is 16.6 Å². The normalized spacial score (nSPS) is 18.2. The minimum Gasteiger partial charge on any atom is -0.501 e. The molecular weight excluding hydrogens is 178 g/mol. The Hall–Kier alpha value is -1.42. The molecule has 0 radical (unpaired) electrons. The van der Waals surface area contributed by atoms with Crippen molar-refractivity contribution in [3.05, 3.63) is 36.1 Å². The number of hydrogen-bond acceptors (Lipinski definition) is 4. The Bertz CT molecular complexity index is 323. The zero-order valence-corrected chi connectivity index (χ0v) is 7.89. The van der Waals surface area contributed by atoms with Crippen LogP contribution in [0.5, 0.6) is 0 Å². The van der Waals surface area contributed by atoms with Crippen molar-refractivity contribution in [3.63, 3.8) is 0 Å². The molecule has 1 aromatic rings. The molecule has 74 valence electrons. The molecule has 4 nitrogen and oxygen atoms in total. The molecule has 1 aliphatic heterocycles. The minimum absolute atomic E-state index is 0.225. The minimum atomic E-state index is -0.225. The highest BCUT2D eigenvalue weighted by Crippen LogP contribution is 2.22. The molecule has 0 fully saturated rings. The lowest BCUT2D eigenvalue weighted by Crippen LogP contribution is -2.18. The molecule has 0 aliphatic carbocycles. The van der Waals surface area contributed by atoms with Crippen LogP contribution in [0.3, 0.4) is 0 Å². The summed E-state index contributed by atoms with van der Waals surface area (Å²) in [6, 6.07) is 1.55. The summed E-state index contributed by atoms with van der Waals surface area (Å²) in [7, 11) is 0. The smallest absolute Gasteiger partial charge is 0.149 e. The standard InChI is InChI=1S/C10H13N3O/c11-9(8-3-1-6-14-7-8)10-12-4-2-5-13-10/h2,4-5,7,9H,1,3,6,11H2. The third-order valence-electron chi connectivity index (χ3n) is 2.23. The van der Waals surface area contributed by atoms with Gasteiger partial charge in [0.2, 0.25) is 0 Å². The molecule has 1 aromatic heterocycles. The van der Waals surface area contributed by atoms with Gasteiger partial charge in [-0.3, -0.25) is 0 Å². The number of rotatable bonds is 2. The van der Waals surface area contributed by atoms with Gasteiger partial charge in [0.05, 0.1) is 18.9 Å². The highest BCUT2D eigenvalue weighted by molar-refractivity contribution is 5.15. The lowest BCUT2D eigenvalue weighted by molar-refractivity contribution is 0.221. The van der Waals surface area contributed by atoms with Gasteiger partial charge < -0.3 is 10.5 Å². The van der Waals surface area contributed by atoms with Crippen LogP contribution in [0, 0.1) is 0 Å². The van der Waals surface area contributed by atoms with Crippen LogP contribution in [0.1, 0.15) is 24.7 Å². The van der Waals surface area contributed by atoms with Gasteiger partial charge in [-0.25, -0.2) is 9.97 Å². The van der Waals surface area contributed by atoms with Crippen LogP contribution in [0.15, 0.2) is 30.3 Å². The summed E-state index contributed by atoms with van der Waals surface area (Å²) in [6.07, 6.45) is 7.13. The number of ether oxygens (including phenoxy) is 1. The molecule has 4 heteroatoms. The van der Waals surface area contributed by atoms with E-state index >= 15 is 0 Å². The van der Waals surface area contributed by atoms with Gasteiger partial charge in [-0.2, -0.15) is 0 Å². The van der Waals surface area contributed by atoms with Crippen molar-refractivity contribution in [1.82, 2.24) is 9.97 Å². The number of hydrogen-bond donors (Lipinski definition) is 1. The van der Waals surface area contributed by atoms with Crippen LogP contribution in [-0.2, 0) is 4.74 Å². The zero-order chi connectivity index (χ0) is 9.80. The van der Waals surface area contributed by atoms with E-state index in [-0.39, 0.29) is 6.04 Å². The predicted molar refractivity (Wildman–Crippen MR) is 52.2 cm³/mol. The van der Waals surface area contributed by atoms with E-state index in [9.17, 15) is 0 Å². The molecule has 0 saturated carbocycles. The SMILES string of the molecule is NC(C1=COCCC1)c1ncccn1. The van der Waals surface area contributed by atoms with Gasteiger partial charge in [0.15, 0.2) is 0 Å². The highest BCUT2D eigenvalue weighted by Gasteiger charge is 2.16. The predicted octanol–water partition coefficient (Wildman–Crippen LogP) is 1.17. The molecule has 0 spiro atoms. The molecule has 1 unspecified atom stereocenters. The summed E-state index contributed by atoms with van der Waals surface area (Å²) in [4.78, 5) is 8.24. The molecule has 1 aliphatic rings. The van der Waals surface area contributed by atoms with Gasteiger partial charge >= 0.3 is 0 Å². The van der Waals surface area contributed by atoms with Gasteiger partial charge in [-0.15, -0.1) is 0 Å². The summed E-state index contributed by atoms with van der Waals surface area (Å²) in [5.74, 6) is 0.657. The van der Waals surface area contributed by atoms with Gasteiger partial charge in [-0.05, 0) is 24.5 Å². The Labute approximate surface area is 82.8 Å². The molecule has 0 amide bonds. The molecule has 0 aromatic carbocycles. The third-order valence-corrected chi connectivity index (χ3v) is 2.23. The second kappa shape index (κ2) is 4.19. The summed E-state index contributed by atoms with van der Waals surface area (Å²) < 4.78 is 5.23. The van der Waals surface area contributed by atoms with Crippen molar-refractivity contribution < 1.29 is 4.74 Å².